The second-order valence-electron chi connectivity index (χ2n) is 3.60. The fourth-order valence-electron chi connectivity index (χ4n) is 1.75. The van der Waals surface area contributed by atoms with Crippen LogP contribution in [0.5, 0.6) is 0 Å². The Hall–Kier alpha value is -1.27. The van der Waals surface area contributed by atoms with E-state index in [9.17, 15) is 4.79 Å². The molecule has 84 valence electrons. The van der Waals surface area contributed by atoms with Gasteiger partial charge in [-0.1, -0.05) is 0 Å². The van der Waals surface area contributed by atoms with Crippen LogP contribution < -0.4 is 5.73 Å². The van der Waals surface area contributed by atoms with Gasteiger partial charge in [-0.2, -0.15) is 0 Å². The Balaban J connectivity index is 1.97. The molecule has 0 aromatic rings. The molecule has 2 heterocycles. The van der Waals surface area contributed by atoms with Gasteiger partial charge in [0.2, 0.25) is 0 Å². The van der Waals surface area contributed by atoms with E-state index in [0.717, 1.165) is 6.42 Å². The first-order valence-corrected chi connectivity index (χ1v) is 4.91. The normalized spacial score (nSPS) is 31.4. The van der Waals surface area contributed by atoms with E-state index in [1.807, 2.05) is 0 Å². The zero-order valence-corrected chi connectivity index (χ0v) is 8.26. The molecule has 1 saturated heterocycles. The van der Waals surface area contributed by atoms with Crippen molar-refractivity contribution in [1.29, 1.82) is 0 Å². The zero-order chi connectivity index (χ0) is 10.8. The molecule has 6 nitrogen and oxygen atoms in total. The number of nitrogens with two attached hydrogens (primary N) is 1. The Labute approximate surface area is 87.2 Å². The topological polar surface area (TPSA) is 85.0 Å². The molecule has 0 bridgehead atoms. The number of cyclic esters (lactones) is 1. The van der Waals surface area contributed by atoms with Gasteiger partial charge in [-0.3, -0.25) is 4.90 Å². The summed E-state index contributed by atoms with van der Waals surface area (Å²) < 4.78 is 10.2. The number of aliphatic hydroxyl groups excluding tert-OH is 1. The number of hydrogen-bond acceptors (Lipinski definition) is 5. The third kappa shape index (κ3) is 2.05. The van der Waals surface area contributed by atoms with Crippen molar-refractivity contribution in [3.05, 3.63) is 12.0 Å². The van der Waals surface area contributed by atoms with Crippen LogP contribution in [-0.4, -0.2) is 41.6 Å². The summed E-state index contributed by atoms with van der Waals surface area (Å²) in [5, 5.41) is 8.90. The van der Waals surface area contributed by atoms with E-state index in [1.165, 1.54) is 4.90 Å². The number of hydrogen-bond donors (Lipinski definition) is 2. The molecule has 2 atom stereocenters. The molecule has 0 unspecified atom stereocenters. The number of rotatable bonds is 2. The Bertz CT molecular complexity index is 292. The molecule has 0 aromatic heterocycles. The number of carbonyl (C=O) groups is 1. The molecule has 2 aliphatic rings. The van der Waals surface area contributed by atoms with Gasteiger partial charge in [0.25, 0.3) is 0 Å². The second kappa shape index (κ2) is 4.08. The first kappa shape index (κ1) is 10.3. The Kier molecular flexibility index (Phi) is 2.79. The molecule has 6 heteroatoms. The molecule has 3 N–H and O–H groups in total. The van der Waals surface area contributed by atoms with Crippen molar-refractivity contribution < 1.29 is 19.4 Å². The van der Waals surface area contributed by atoms with Crippen molar-refractivity contribution in [2.45, 2.75) is 25.2 Å². The summed E-state index contributed by atoms with van der Waals surface area (Å²) >= 11 is 0. The van der Waals surface area contributed by atoms with Gasteiger partial charge in [-0.25, -0.2) is 4.79 Å². The Morgan fingerprint density at radius 3 is 3.00 bits per heavy atom. The van der Waals surface area contributed by atoms with Crippen LogP contribution >= 0.6 is 0 Å². The minimum atomic E-state index is -0.487. The Morgan fingerprint density at radius 2 is 2.40 bits per heavy atom. The minimum absolute atomic E-state index is 0.0165. The van der Waals surface area contributed by atoms with Crippen molar-refractivity contribution in [3.63, 3.8) is 0 Å². The number of ether oxygens (including phenoxy) is 2. The third-order valence-corrected chi connectivity index (χ3v) is 2.57. The predicted molar refractivity (Wildman–Crippen MR) is 50.4 cm³/mol. The van der Waals surface area contributed by atoms with Crippen molar-refractivity contribution in [1.82, 2.24) is 4.90 Å². The average molecular weight is 214 g/mol. The third-order valence-electron chi connectivity index (χ3n) is 2.57. The molecule has 15 heavy (non-hydrogen) atoms. The summed E-state index contributed by atoms with van der Waals surface area (Å²) in [6.45, 7) is 0.380. The van der Waals surface area contributed by atoms with Gasteiger partial charge in [-0.05, 0) is 18.9 Å². The van der Waals surface area contributed by atoms with Crippen molar-refractivity contribution in [2.75, 3.05) is 13.2 Å². The quantitative estimate of drug-likeness (QED) is 0.661. The molecule has 0 aromatic carbocycles. The molecule has 0 aliphatic carbocycles. The monoisotopic (exact) mass is 214 g/mol. The molecule has 1 amide bonds. The molecule has 2 aliphatic heterocycles. The van der Waals surface area contributed by atoms with E-state index in [4.69, 9.17) is 20.3 Å². The van der Waals surface area contributed by atoms with Gasteiger partial charge in [0.15, 0.2) is 5.88 Å². The molecule has 0 spiro atoms. The summed E-state index contributed by atoms with van der Waals surface area (Å²) in [7, 11) is 0. The van der Waals surface area contributed by atoms with Crippen LogP contribution in [0.15, 0.2) is 12.0 Å². The summed E-state index contributed by atoms with van der Waals surface area (Å²) in [5.74, 6) is 0.132. The molecule has 1 fully saturated rings. The zero-order valence-electron chi connectivity index (χ0n) is 8.26. The maximum atomic E-state index is 11.4. The Morgan fingerprint density at radius 1 is 1.60 bits per heavy atom. The van der Waals surface area contributed by atoms with Crippen LogP contribution in [0.3, 0.4) is 0 Å². The number of carbonyl (C=O) groups excluding carboxylic acids is 1. The lowest BCUT2D eigenvalue weighted by Gasteiger charge is -2.29. The lowest BCUT2D eigenvalue weighted by atomic mass is 10.2. The predicted octanol–water partition coefficient (Wildman–Crippen LogP) is -0.264. The highest BCUT2D eigenvalue weighted by Crippen LogP contribution is 2.24. The van der Waals surface area contributed by atoms with E-state index in [-0.39, 0.29) is 24.8 Å². The number of amides is 1. The smallest absolute Gasteiger partial charge is 0.394 e. The van der Waals surface area contributed by atoms with Crippen LogP contribution in [0.2, 0.25) is 0 Å². The fourth-order valence-corrected chi connectivity index (χ4v) is 1.75. The highest BCUT2D eigenvalue weighted by molar-refractivity contribution is 5.70. The molecule has 2 rings (SSSR count). The first-order valence-electron chi connectivity index (χ1n) is 4.91. The average Bonchev–Trinajstić information content (AvgIpc) is 2.66. The van der Waals surface area contributed by atoms with Gasteiger partial charge < -0.3 is 20.3 Å². The van der Waals surface area contributed by atoms with Crippen LogP contribution in [0.1, 0.15) is 12.8 Å². The molecular formula is C9H14N2O4. The van der Waals surface area contributed by atoms with Gasteiger partial charge in [0.1, 0.15) is 6.23 Å². The van der Waals surface area contributed by atoms with Gasteiger partial charge in [-0.15, -0.1) is 0 Å². The highest BCUT2D eigenvalue weighted by atomic mass is 16.6. The summed E-state index contributed by atoms with van der Waals surface area (Å²) in [5.41, 5.74) is 5.35. The number of nitrogens with zero attached hydrogens (tertiary/aromatic N) is 1. The van der Waals surface area contributed by atoms with E-state index in [2.05, 4.69) is 0 Å². The lowest BCUT2D eigenvalue weighted by molar-refractivity contribution is -0.0591. The van der Waals surface area contributed by atoms with E-state index < -0.39 is 6.09 Å². The van der Waals surface area contributed by atoms with Gasteiger partial charge >= 0.3 is 6.09 Å². The molecule has 0 saturated carbocycles. The van der Waals surface area contributed by atoms with Crippen molar-refractivity contribution >= 4 is 6.09 Å². The SMILES string of the molecule is NC1=CCN([C@H]2CC[C@@H](CO)O2)C(=O)O1. The largest absolute Gasteiger partial charge is 0.418 e. The molecule has 0 radical (unpaired) electrons. The molecular weight excluding hydrogens is 200 g/mol. The van der Waals surface area contributed by atoms with Crippen LogP contribution in [0.4, 0.5) is 4.79 Å². The maximum absolute atomic E-state index is 11.4. The van der Waals surface area contributed by atoms with Crippen LogP contribution in [-0.2, 0) is 9.47 Å². The minimum Gasteiger partial charge on any atom is -0.394 e. The van der Waals surface area contributed by atoms with Crippen molar-refractivity contribution in [3.8, 4) is 0 Å². The lowest BCUT2D eigenvalue weighted by Crippen LogP contribution is -2.44. The summed E-state index contributed by atoms with van der Waals surface area (Å²) in [6, 6.07) is 0. The standard InChI is InChI=1S/C9H14N2O4/c10-7-3-4-11(9(13)15-7)8-2-1-6(5-12)14-8/h3,6,8,12H,1-2,4-5,10H2/t6-,8+/m0/s1. The fraction of sp³-hybridized carbons (Fsp3) is 0.667. The van der Waals surface area contributed by atoms with Gasteiger partial charge in [0, 0.05) is 0 Å². The second-order valence-corrected chi connectivity index (χ2v) is 3.60. The van der Waals surface area contributed by atoms with Gasteiger partial charge in [0.05, 0.1) is 19.3 Å². The number of aliphatic hydroxyl groups is 1. The van der Waals surface area contributed by atoms with Crippen LogP contribution in [0.25, 0.3) is 0 Å². The van der Waals surface area contributed by atoms with E-state index >= 15 is 0 Å². The van der Waals surface area contributed by atoms with Crippen LogP contribution in [0, 0.1) is 0 Å². The highest BCUT2D eigenvalue weighted by Gasteiger charge is 2.34. The van der Waals surface area contributed by atoms with E-state index in [0.29, 0.717) is 13.0 Å². The summed E-state index contributed by atoms with van der Waals surface area (Å²) in [6.07, 6.45) is 2.12. The van der Waals surface area contributed by atoms with Crippen molar-refractivity contribution in [2.24, 2.45) is 5.73 Å². The summed E-state index contributed by atoms with van der Waals surface area (Å²) in [4.78, 5) is 12.9. The maximum Gasteiger partial charge on any atom is 0.418 e. The van der Waals surface area contributed by atoms with E-state index in [1.54, 1.807) is 6.08 Å². The first-order chi connectivity index (χ1) is 7.20.